The van der Waals surface area contributed by atoms with Gasteiger partial charge in [0, 0.05) is 6.54 Å². The quantitative estimate of drug-likeness (QED) is 0.581. The monoisotopic (exact) mass is 259 g/mol. The zero-order chi connectivity index (χ0) is 13.5. The molecule has 0 saturated carbocycles. The molecule has 102 valence electrons. The topological polar surface area (TPSA) is 29.5 Å². The van der Waals surface area contributed by atoms with Gasteiger partial charge in [-0.2, -0.15) is 0 Å². The third-order valence-electron chi connectivity index (χ3n) is 3.48. The van der Waals surface area contributed by atoms with E-state index >= 15 is 0 Å². The molecular formula is C16H21NO2. The van der Waals surface area contributed by atoms with E-state index in [9.17, 15) is 4.79 Å². The summed E-state index contributed by atoms with van der Waals surface area (Å²) in [5.74, 6) is -0.0922. The molecule has 19 heavy (non-hydrogen) atoms. The van der Waals surface area contributed by atoms with Crippen molar-refractivity contribution in [2.24, 2.45) is 0 Å². The lowest BCUT2D eigenvalue weighted by Gasteiger charge is -2.22. The highest BCUT2D eigenvalue weighted by atomic mass is 16.5. The first-order chi connectivity index (χ1) is 9.31. The van der Waals surface area contributed by atoms with Crippen LogP contribution in [0.2, 0.25) is 0 Å². The van der Waals surface area contributed by atoms with Crippen molar-refractivity contribution in [1.29, 1.82) is 0 Å². The first kappa shape index (κ1) is 13.8. The van der Waals surface area contributed by atoms with E-state index < -0.39 is 0 Å². The average Bonchev–Trinajstić information content (AvgIpc) is 2.92. The molecule has 1 heterocycles. The molecule has 0 bridgehead atoms. The normalized spacial score (nSPS) is 19.3. The molecular weight excluding hydrogens is 238 g/mol. The van der Waals surface area contributed by atoms with Crippen LogP contribution in [0.1, 0.15) is 24.8 Å². The van der Waals surface area contributed by atoms with Gasteiger partial charge >= 0.3 is 5.97 Å². The number of rotatable bonds is 6. The molecule has 2 rings (SSSR count). The van der Waals surface area contributed by atoms with Gasteiger partial charge in [0.05, 0.1) is 0 Å². The van der Waals surface area contributed by atoms with Crippen LogP contribution >= 0.6 is 0 Å². The summed E-state index contributed by atoms with van der Waals surface area (Å²) in [5.41, 5.74) is 1.03. The molecule has 1 unspecified atom stereocenters. The zero-order valence-electron chi connectivity index (χ0n) is 11.3. The number of benzene rings is 1. The molecule has 0 amide bonds. The standard InChI is InChI=1S/C16H21NO2/c1-2-3-11-17-12-7-10-15(17)16(18)19-13-14-8-5-4-6-9-14/h2,4-6,8-9,15H,1,3,7,10-13H2. The molecule has 0 radical (unpaired) electrons. The summed E-state index contributed by atoms with van der Waals surface area (Å²) in [7, 11) is 0. The fourth-order valence-electron chi connectivity index (χ4n) is 2.44. The van der Waals surface area contributed by atoms with E-state index in [1.807, 2.05) is 36.4 Å². The molecule has 1 atom stereocenters. The summed E-state index contributed by atoms with van der Waals surface area (Å²) >= 11 is 0. The average molecular weight is 259 g/mol. The van der Waals surface area contributed by atoms with E-state index in [2.05, 4.69) is 11.5 Å². The van der Waals surface area contributed by atoms with Crippen LogP contribution < -0.4 is 0 Å². The number of likely N-dealkylation sites (tertiary alicyclic amines) is 1. The first-order valence-corrected chi connectivity index (χ1v) is 6.87. The van der Waals surface area contributed by atoms with E-state index in [0.29, 0.717) is 6.61 Å². The highest BCUT2D eigenvalue weighted by Crippen LogP contribution is 2.19. The van der Waals surface area contributed by atoms with Crippen molar-refractivity contribution in [3.05, 3.63) is 48.6 Å². The van der Waals surface area contributed by atoms with Gasteiger partial charge in [-0.05, 0) is 31.4 Å². The minimum atomic E-state index is -0.0922. The molecule has 1 aromatic rings. The minimum Gasteiger partial charge on any atom is -0.460 e. The maximum atomic E-state index is 12.1. The Kier molecular flexibility index (Phi) is 5.16. The molecule has 1 aliphatic rings. The van der Waals surface area contributed by atoms with E-state index in [0.717, 1.165) is 37.9 Å². The maximum Gasteiger partial charge on any atom is 0.323 e. The fraction of sp³-hybridized carbons (Fsp3) is 0.438. The Bertz CT molecular complexity index is 416. The van der Waals surface area contributed by atoms with Gasteiger partial charge in [0.1, 0.15) is 12.6 Å². The molecule has 3 nitrogen and oxygen atoms in total. The van der Waals surface area contributed by atoms with Crippen molar-refractivity contribution in [2.75, 3.05) is 13.1 Å². The summed E-state index contributed by atoms with van der Waals surface area (Å²) in [6, 6.07) is 9.74. The second kappa shape index (κ2) is 7.10. The van der Waals surface area contributed by atoms with Crippen LogP contribution in [-0.4, -0.2) is 30.0 Å². The van der Waals surface area contributed by atoms with Crippen LogP contribution in [0.25, 0.3) is 0 Å². The molecule has 0 aromatic heterocycles. The number of nitrogens with zero attached hydrogens (tertiary/aromatic N) is 1. The summed E-state index contributed by atoms with van der Waals surface area (Å²) in [6.07, 6.45) is 4.79. The van der Waals surface area contributed by atoms with Crippen LogP contribution in [0.4, 0.5) is 0 Å². The zero-order valence-corrected chi connectivity index (χ0v) is 11.3. The fourth-order valence-corrected chi connectivity index (χ4v) is 2.44. The molecule has 3 heteroatoms. The Labute approximate surface area is 114 Å². The molecule has 0 spiro atoms. The van der Waals surface area contributed by atoms with E-state index in [1.165, 1.54) is 0 Å². The predicted octanol–water partition coefficient (Wildman–Crippen LogP) is 2.77. The van der Waals surface area contributed by atoms with Crippen molar-refractivity contribution in [1.82, 2.24) is 4.90 Å². The summed E-state index contributed by atoms with van der Waals surface area (Å²) < 4.78 is 5.42. The van der Waals surface area contributed by atoms with Crippen molar-refractivity contribution >= 4 is 5.97 Å². The lowest BCUT2D eigenvalue weighted by molar-refractivity contribution is -0.150. The highest BCUT2D eigenvalue weighted by molar-refractivity contribution is 5.76. The lowest BCUT2D eigenvalue weighted by atomic mass is 10.2. The first-order valence-electron chi connectivity index (χ1n) is 6.87. The largest absolute Gasteiger partial charge is 0.460 e. The Balaban J connectivity index is 1.83. The number of carbonyl (C=O) groups excluding carboxylic acids is 1. The summed E-state index contributed by atoms with van der Waals surface area (Å²) in [4.78, 5) is 14.3. The SMILES string of the molecule is C=CCCN1CCCC1C(=O)OCc1ccccc1. The molecule has 0 N–H and O–H groups in total. The van der Waals surface area contributed by atoms with Gasteiger partial charge in [-0.15, -0.1) is 6.58 Å². The van der Waals surface area contributed by atoms with Crippen LogP contribution in [0.15, 0.2) is 43.0 Å². The number of hydrogen-bond donors (Lipinski definition) is 0. The second-order valence-corrected chi connectivity index (χ2v) is 4.86. The van der Waals surface area contributed by atoms with Gasteiger partial charge in [0.15, 0.2) is 0 Å². The molecule has 1 saturated heterocycles. The molecule has 1 aliphatic heterocycles. The second-order valence-electron chi connectivity index (χ2n) is 4.86. The van der Waals surface area contributed by atoms with Crippen molar-refractivity contribution in [3.8, 4) is 0 Å². The number of hydrogen-bond acceptors (Lipinski definition) is 3. The van der Waals surface area contributed by atoms with E-state index in [1.54, 1.807) is 0 Å². The Morgan fingerprint density at radius 2 is 2.21 bits per heavy atom. The van der Waals surface area contributed by atoms with Gasteiger partial charge in [-0.3, -0.25) is 9.69 Å². The smallest absolute Gasteiger partial charge is 0.323 e. The highest BCUT2D eigenvalue weighted by Gasteiger charge is 2.31. The van der Waals surface area contributed by atoms with Crippen LogP contribution in [0, 0.1) is 0 Å². The Morgan fingerprint density at radius 1 is 1.42 bits per heavy atom. The minimum absolute atomic E-state index is 0.0661. The molecule has 1 fully saturated rings. The van der Waals surface area contributed by atoms with Crippen LogP contribution in [0.3, 0.4) is 0 Å². The number of ether oxygens (including phenoxy) is 1. The van der Waals surface area contributed by atoms with Crippen LogP contribution in [-0.2, 0) is 16.1 Å². The van der Waals surface area contributed by atoms with Gasteiger partial charge in [0.2, 0.25) is 0 Å². The summed E-state index contributed by atoms with van der Waals surface area (Å²) in [6.45, 7) is 5.97. The number of esters is 1. The predicted molar refractivity (Wildman–Crippen MR) is 75.6 cm³/mol. The van der Waals surface area contributed by atoms with Gasteiger partial charge in [-0.1, -0.05) is 36.4 Å². The molecule has 1 aromatic carbocycles. The summed E-state index contributed by atoms with van der Waals surface area (Å²) in [5, 5.41) is 0. The van der Waals surface area contributed by atoms with Gasteiger partial charge in [-0.25, -0.2) is 0 Å². The third-order valence-corrected chi connectivity index (χ3v) is 3.48. The third kappa shape index (κ3) is 3.93. The van der Waals surface area contributed by atoms with Crippen molar-refractivity contribution in [2.45, 2.75) is 31.9 Å². The lowest BCUT2D eigenvalue weighted by Crippen LogP contribution is -2.37. The van der Waals surface area contributed by atoms with Gasteiger partial charge in [0.25, 0.3) is 0 Å². The number of carbonyl (C=O) groups is 1. The van der Waals surface area contributed by atoms with Crippen molar-refractivity contribution < 1.29 is 9.53 Å². The molecule has 0 aliphatic carbocycles. The van der Waals surface area contributed by atoms with E-state index in [4.69, 9.17) is 4.74 Å². The van der Waals surface area contributed by atoms with Gasteiger partial charge < -0.3 is 4.74 Å². The Morgan fingerprint density at radius 3 is 2.95 bits per heavy atom. The van der Waals surface area contributed by atoms with E-state index in [-0.39, 0.29) is 12.0 Å². The Hall–Kier alpha value is -1.61. The van der Waals surface area contributed by atoms with Crippen molar-refractivity contribution in [3.63, 3.8) is 0 Å². The van der Waals surface area contributed by atoms with Crippen LogP contribution in [0.5, 0.6) is 0 Å². The maximum absolute atomic E-state index is 12.1.